The Bertz CT molecular complexity index is 391. The Hall–Kier alpha value is -1.78. The standard InChI is InChI=1S/C10H14N4O/c1-7-4-8(11)5-13-10(7)14-3-2-12-9(15)6-14/h4-5H,2-3,6,11H2,1H3,(H,12,15). The van der Waals surface area contributed by atoms with Gasteiger partial charge < -0.3 is 16.0 Å². The van der Waals surface area contributed by atoms with Crippen LogP contribution in [0.25, 0.3) is 0 Å². The average Bonchev–Trinajstić information content (AvgIpc) is 2.17. The molecule has 0 atom stereocenters. The summed E-state index contributed by atoms with van der Waals surface area (Å²) in [5.74, 6) is 0.887. The van der Waals surface area contributed by atoms with E-state index in [0.717, 1.165) is 17.9 Å². The highest BCUT2D eigenvalue weighted by molar-refractivity contribution is 5.82. The number of aromatic nitrogens is 1. The number of hydrogen-bond acceptors (Lipinski definition) is 4. The van der Waals surface area contributed by atoms with Crippen molar-refractivity contribution < 1.29 is 4.79 Å². The van der Waals surface area contributed by atoms with Gasteiger partial charge >= 0.3 is 0 Å². The smallest absolute Gasteiger partial charge is 0.239 e. The summed E-state index contributed by atoms with van der Waals surface area (Å²) >= 11 is 0. The quantitative estimate of drug-likeness (QED) is 0.673. The second-order valence-corrected chi connectivity index (χ2v) is 3.68. The van der Waals surface area contributed by atoms with Crippen molar-refractivity contribution in [3.8, 4) is 0 Å². The Balaban J connectivity index is 2.24. The number of anilines is 2. The Labute approximate surface area is 88.3 Å². The van der Waals surface area contributed by atoms with Crippen molar-refractivity contribution in [1.29, 1.82) is 0 Å². The van der Waals surface area contributed by atoms with Gasteiger partial charge in [0.2, 0.25) is 5.91 Å². The highest BCUT2D eigenvalue weighted by Gasteiger charge is 2.18. The van der Waals surface area contributed by atoms with Gasteiger partial charge in [-0.15, -0.1) is 0 Å². The maximum absolute atomic E-state index is 11.2. The molecule has 1 aliphatic rings. The van der Waals surface area contributed by atoms with Gasteiger partial charge in [0.15, 0.2) is 0 Å². The zero-order chi connectivity index (χ0) is 10.8. The molecule has 0 unspecified atom stereocenters. The van der Waals surface area contributed by atoms with E-state index in [4.69, 9.17) is 5.73 Å². The van der Waals surface area contributed by atoms with Gasteiger partial charge in [0.1, 0.15) is 5.82 Å². The third-order valence-corrected chi connectivity index (χ3v) is 2.41. The minimum atomic E-state index is 0.0410. The number of aryl methyl sites for hydroxylation is 1. The number of rotatable bonds is 1. The van der Waals surface area contributed by atoms with Crippen LogP contribution in [0.5, 0.6) is 0 Å². The van der Waals surface area contributed by atoms with E-state index in [9.17, 15) is 4.79 Å². The maximum atomic E-state index is 11.2. The fourth-order valence-corrected chi connectivity index (χ4v) is 1.74. The van der Waals surface area contributed by atoms with Crippen LogP contribution in [0.1, 0.15) is 5.56 Å². The maximum Gasteiger partial charge on any atom is 0.239 e. The molecule has 2 heterocycles. The lowest BCUT2D eigenvalue weighted by Gasteiger charge is -2.28. The SMILES string of the molecule is Cc1cc(N)cnc1N1CCNC(=O)C1. The molecule has 2 rings (SSSR count). The van der Waals surface area contributed by atoms with Crippen LogP contribution < -0.4 is 16.0 Å². The van der Waals surface area contributed by atoms with Crippen molar-refractivity contribution in [2.45, 2.75) is 6.92 Å². The summed E-state index contributed by atoms with van der Waals surface area (Å²) < 4.78 is 0. The lowest BCUT2D eigenvalue weighted by Crippen LogP contribution is -2.48. The largest absolute Gasteiger partial charge is 0.397 e. The number of nitrogens with one attached hydrogen (secondary N) is 1. The third-order valence-electron chi connectivity index (χ3n) is 2.41. The van der Waals surface area contributed by atoms with Crippen LogP contribution in [0.4, 0.5) is 11.5 Å². The molecule has 3 N–H and O–H groups in total. The molecular weight excluding hydrogens is 192 g/mol. The van der Waals surface area contributed by atoms with Crippen LogP contribution in [0.2, 0.25) is 0 Å². The van der Waals surface area contributed by atoms with E-state index in [1.807, 2.05) is 17.9 Å². The molecule has 1 amide bonds. The Kier molecular flexibility index (Phi) is 2.45. The first kappa shape index (κ1) is 9.76. The van der Waals surface area contributed by atoms with Crippen LogP contribution in [-0.4, -0.2) is 30.5 Å². The van der Waals surface area contributed by atoms with E-state index in [0.29, 0.717) is 18.8 Å². The van der Waals surface area contributed by atoms with Crippen molar-refractivity contribution in [1.82, 2.24) is 10.3 Å². The second kappa shape index (κ2) is 3.76. The van der Waals surface area contributed by atoms with Crippen molar-refractivity contribution in [3.05, 3.63) is 17.8 Å². The van der Waals surface area contributed by atoms with E-state index in [2.05, 4.69) is 10.3 Å². The summed E-state index contributed by atoms with van der Waals surface area (Å²) in [6.07, 6.45) is 1.62. The first-order valence-corrected chi connectivity index (χ1v) is 4.90. The molecule has 1 fully saturated rings. The van der Waals surface area contributed by atoms with Crippen LogP contribution in [0.3, 0.4) is 0 Å². The van der Waals surface area contributed by atoms with Gasteiger partial charge in [0, 0.05) is 13.1 Å². The van der Waals surface area contributed by atoms with Gasteiger partial charge in [-0.25, -0.2) is 4.98 Å². The summed E-state index contributed by atoms with van der Waals surface area (Å²) in [5.41, 5.74) is 7.28. The molecule has 0 saturated carbocycles. The summed E-state index contributed by atoms with van der Waals surface area (Å²) in [6, 6.07) is 1.87. The molecule has 1 aromatic rings. The lowest BCUT2D eigenvalue weighted by molar-refractivity contribution is -0.120. The minimum Gasteiger partial charge on any atom is -0.397 e. The second-order valence-electron chi connectivity index (χ2n) is 3.68. The normalized spacial score (nSPS) is 16.3. The predicted octanol–water partition coefficient (Wildman–Crippen LogP) is -0.0916. The van der Waals surface area contributed by atoms with E-state index in [1.54, 1.807) is 6.20 Å². The van der Waals surface area contributed by atoms with Crippen molar-refractivity contribution in [3.63, 3.8) is 0 Å². The minimum absolute atomic E-state index is 0.0410. The molecule has 1 saturated heterocycles. The van der Waals surface area contributed by atoms with Crippen LogP contribution in [0, 0.1) is 6.92 Å². The highest BCUT2D eigenvalue weighted by atomic mass is 16.2. The van der Waals surface area contributed by atoms with Gasteiger partial charge in [-0.1, -0.05) is 0 Å². The zero-order valence-corrected chi connectivity index (χ0v) is 8.66. The van der Waals surface area contributed by atoms with Crippen LogP contribution >= 0.6 is 0 Å². The lowest BCUT2D eigenvalue weighted by atomic mass is 10.2. The Morgan fingerprint density at radius 2 is 2.40 bits per heavy atom. The van der Waals surface area contributed by atoms with E-state index in [-0.39, 0.29) is 5.91 Å². The topological polar surface area (TPSA) is 71.2 Å². The number of pyridine rings is 1. The number of carbonyl (C=O) groups excluding carboxylic acids is 1. The number of nitrogens with two attached hydrogens (primary N) is 1. The molecule has 1 aromatic heterocycles. The first-order valence-electron chi connectivity index (χ1n) is 4.90. The van der Waals surface area contributed by atoms with E-state index >= 15 is 0 Å². The molecule has 0 aliphatic carbocycles. The number of nitrogens with zero attached hydrogens (tertiary/aromatic N) is 2. The zero-order valence-electron chi connectivity index (χ0n) is 8.66. The molecule has 5 nitrogen and oxygen atoms in total. The average molecular weight is 206 g/mol. The molecule has 5 heteroatoms. The predicted molar refractivity (Wildman–Crippen MR) is 58.6 cm³/mol. The number of carbonyl (C=O) groups is 1. The number of amides is 1. The van der Waals surface area contributed by atoms with E-state index in [1.165, 1.54) is 0 Å². The Morgan fingerprint density at radius 1 is 1.60 bits per heavy atom. The molecule has 15 heavy (non-hydrogen) atoms. The van der Waals surface area contributed by atoms with Gasteiger partial charge in [0.05, 0.1) is 18.4 Å². The van der Waals surface area contributed by atoms with Crippen LogP contribution in [-0.2, 0) is 4.79 Å². The monoisotopic (exact) mass is 206 g/mol. The molecule has 0 spiro atoms. The van der Waals surface area contributed by atoms with Gasteiger partial charge in [-0.05, 0) is 18.6 Å². The highest BCUT2D eigenvalue weighted by Crippen LogP contribution is 2.19. The Morgan fingerprint density at radius 3 is 3.07 bits per heavy atom. The summed E-state index contributed by atoms with van der Waals surface area (Å²) in [4.78, 5) is 17.4. The molecule has 0 radical (unpaired) electrons. The summed E-state index contributed by atoms with van der Waals surface area (Å²) in [6.45, 7) is 3.79. The third kappa shape index (κ3) is 2.01. The summed E-state index contributed by atoms with van der Waals surface area (Å²) in [7, 11) is 0. The number of piperazine rings is 1. The number of nitrogen functional groups attached to an aromatic ring is 1. The van der Waals surface area contributed by atoms with Crippen molar-refractivity contribution in [2.75, 3.05) is 30.3 Å². The molecule has 1 aliphatic heterocycles. The summed E-state index contributed by atoms with van der Waals surface area (Å²) in [5, 5.41) is 2.78. The molecule has 80 valence electrons. The van der Waals surface area contributed by atoms with Gasteiger partial charge in [-0.2, -0.15) is 0 Å². The van der Waals surface area contributed by atoms with Crippen molar-refractivity contribution >= 4 is 17.4 Å². The van der Waals surface area contributed by atoms with Crippen molar-refractivity contribution in [2.24, 2.45) is 0 Å². The molecular formula is C10H14N4O. The molecule has 0 bridgehead atoms. The van der Waals surface area contributed by atoms with Gasteiger partial charge in [-0.3, -0.25) is 4.79 Å². The van der Waals surface area contributed by atoms with Crippen LogP contribution in [0.15, 0.2) is 12.3 Å². The molecule has 0 aromatic carbocycles. The number of hydrogen-bond donors (Lipinski definition) is 2. The fraction of sp³-hybridized carbons (Fsp3) is 0.400. The van der Waals surface area contributed by atoms with Gasteiger partial charge in [0.25, 0.3) is 0 Å². The van der Waals surface area contributed by atoms with E-state index < -0.39 is 0 Å². The fourth-order valence-electron chi connectivity index (χ4n) is 1.74. The first-order chi connectivity index (χ1) is 7.16.